The number of nitrogen functional groups attached to an aromatic ring is 1. The number of hydrogen-bond donors (Lipinski definition) is 3. The molecule has 138 valence electrons. The quantitative estimate of drug-likeness (QED) is 0.498. The zero-order valence-corrected chi connectivity index (χ0v) is 15.2. The predicted octanol–water partition coefficient (Wildman–Crippen LogP) is 3.45. The SMILES string of the molecule is CCNc1ccc(C(=O)OCC)cc1NC(=O)CCc1ccccc1N. The standard InChI is InChI=1S/C20H25N3O3/c1-3-22-17-11-9-15(20(25)26-4-2)13-18(17)23-19(24)12-10-14-7-5-6-8-16(14)21/h5-9,11,13,22H,3-4,10,12,21H2,1-2H3,(H,23,24). The summed E-state index contributed by atoms with van der Waals surface area (Å²) in [5.74, 6) is -0.559. The highest BCUT2D eigenvalue weighted by molar-refractivity contribution is 5.98. The fourth-order valence-electron chi connectivity index (χ4n) is 2.56. The third kappa shape index (κ3) is 5.24. The number of hydrogen-bond acceptors (Lipinski definition) is 5. The van der Waals surface area contributed by atoms with Crippen molar-refractivity contribution in [3.63, 3.8) is 0 Å². The molecule has 4 N–H and O–H groups in total. The van der Waals surface area contributed by atoms with Crippen molar-refractivity contribution < 1.29 is 14.3 Å². The number of para-hydroxylation sites is 1. The zero-order chi connectivity index (χ0) is 18.9. The van der Waals surface area contributed by atoms with Crippen molar-refractivity contribution in [1.82, 2.24) is 0 Å². The molecule has 0 radical (unpaired) electrons. The molecule has 2 aromatic rings. The molecule has 0 fully saturated rings. The number of nitrogens with two attached hydrogens (primary N) is 1. The van der Waals surface area contributed by atoms with Gasteiger partial charge in [-0.3, -0.25) is 4.79 Å². The molecule has 0 aromatic heterocycles. The summed E-state index contributed by atoms with van der Waals surface area (Å²) in [6, 6.07) is 12.6. The van der Waals surface area contributed by atoms with Crippen LogP contribution >= 0.6 is 0 Å². The summed E-state index contributed by atoms with van der Waals surface area (Å²) >= 11 is 0. The Hall–Kier alpha value is -3.02. The summed E-state index contributed by atoms with van der Waals surface area (Å²) < 4.78 is 5.02. The molecule has 2 aromatic carbocycles. The van der Waals surface area contributed by atoms with Gasteiger partial charge in [0, 0.05) is 18.7 Å². The van der Waals surface area contributed by atoms with E-state index in [9.17, 15) is 9.59 Å². The fraction of sp³-hybridized carbons (Fsp3) is 0.300. The van der Waals surface area contributed by atoms with Crippen LogP contribution in [0.4, 0.5) is 17.1 Å². The maximum Gasteiger partial charge on any atom is 0.338 e. The summed E-state index contributed by atoms with van der Waals surface area (Å²) in [4.78, 5) is 24.3. The van der Waals surface area contributed by atoms with Gasteiger partial charge in [-0.2, -0.15) is 0 Å². The molecule has 6 heteroatoms. The lowest BCUT2D eigenvalue weighted by Crippen LogP contribution is -2.15. The Labute approximate surface area is 153 Å². The second-order valence-corrected chi connectivity index (χ2v) is 5.76. The molecule has 0 bridgehead atoms. The highest BCUT2D eigenvalue weighted by Crippen LogP contribution is 2.24. The van der Waals surface area contributed by atoms with Crippen LogP contribution in [0.2, 0.25) is 0 Å². The molecular weight excluding hydrogens is 330 g/mol. The number of amides is 1. The van der Waals surface area contributed by atoms with Gasteiger partial charge in [0.1, 0.15) is 0 Å². The smallest absolute Gasteiger partial charge is 0.338 e. The number of esters is 1. The van der Waals surface area contributed by atoms with Crippen LogP contribution < -0.4 is 16.4 Å². The van der Waals surface area contributed by atoms with E-state index in [-0.39, 0.29) is 5.91 Å². The highest BCUT2D eigenvalue weighted by Gasteiger charge is 2.13. The lowest BCUT2D eigenvalue weighted by molar-refractivity contribution is -0.116. The largest absolute Gasteiger partial charge is 0.462 e. The van der Waals surface area contributed by atoms with E-state index in [0.717, 1.165) is 11.3 Å². The Morgan fingerprint density at radius 3 is 2.54 bits per heavy atom. The summed E-state index contributed by atoms with van der Waals surface area (Å²) in [7, 11) is 0. The van der Waals surface area contributed by atoms with Crippen molar-refractivity contribution in [1.29, 1.82) is 0 Å². The molecule has 2 rings (SSSR count). The first-order valence-corrected chi connectivity index (χ1v) is 8.73. The average Bonchev–Trinajstić information content (AvgIpc) is 2.63. The molecule has 0 aliphatic heterocycles. The van der Waals surface area contributed by atoms with E-state index in [1.807, 2.05) is 31.2 Å². The highest BCUT2D eigenvalue weighted by atomic mass is 16.5. The van der Waals surface area contributed by atoms with Crippen LogP contribution in [-0.4, -0.2) is 25.0 Å². The average molecular weight is 355 g/mol. The number of benzene rings is 2. The number of aryl methyl sites for hydroxylation is 1. The van der Waals surface area contributed by atoms with Gasteiger partial charge < -0.3 is 21.1 Å². The molecule has 0 atom stereocenters. The van der Waals surface area contributed by atoms with Crippen LogP contribution in [0.1, 0.15) is 36.2 Å². The molecule has 0 saturated carbocycles. The fourth-order valence-corrected chi connectivity index (χ4v) is 2.56. The maximum atomic E-state index is 12.4. The first-order valence-electron chi connectivity index (χ1n) is 8.73. The number of carbonyl (C=O) groups excluding carboxylic acids is 2. The van der Waals surface area contributed by atoms with Crippen LogP contribution in [0, 0.1) is 0 Å². The van der Waals surface area contributed by atoms with Gasteiger partial charge in [0.25, 0.3) is 0 Å². The number of carbonyl (C=O) groups is 2. The minimum absolute atomic E-state index is 0.145. The van der Waals surface area contributed by atoms with E-state index in [1.165, 1.54) is 0 Å². The molecule has 6 nitrogen and oxygen atoms in total. The zero-order valence-electron chi connectivity index (χ0n) is 15.2. The Balaban J connectivity index is 2.09. The van der Waals surface area contributed by atoms with Crippen LogP contribution in [0.3, 0.4) is 0 Å². The summed E-state index contributed by atoms with van der Waals surface area (Å²) in [5.41, 5.74) is 9.25. The van der Waals surface area contributed by atoms with Crippen LogP contribution in [0.15, 0.2) is 42.5 Å². The van der Waals surface area contributed by atoms with Gasteiger partial charge in [-0.05, 0) is 50.1 Å². The molecule has 0 aliphatic rings. The molecule has 26 heavy (non-hydrogen) atoms. The second kappa shape index (κ2) is 9.46. The van der Waals surface area contributed by atoms with Crippen LogP contribution in [-0.2, 0) is 16.0 Å². The van der Waals surface area contributed by atoms with E-state index in [2.05, 4.69) is 10.6 Å². The number of rotatable bonds is 8. The normalized spacial score (nSPS) is 10.2. The number of nitrogens with one attached hydrogen (secondary N) is 2. The second-order valence-electron chi connectivity index (χ2n) is 5.76. The predicted molar refractivity (Wildman–Crippen MR) is 104 cm³/mol. The number of anilines is 3. The third-order valence-electron chi connectivity index (χ3n) is 3.85. The maximum absolute atomic E-state index is 12.4. The van der Waals surface area contributed by atoms with Gasteiger partial charge in [0.15, 0.2) is 0 Å². The van der Waals surface area contributed by atoms with Crippen molar-refractivity contribution in [3.05, 3.63) is 53.6 Å². The van der Waals surface area contributed by atoms with Crippen LogP contribution in [0.25, 0.3) is 0 Å². The van der Waals surface area contributed by atoms with Gasteiger partial charge in [-0.15, -0.1) is 0 Å². The van der Waals surface area contributed by atoms with Gasteiger partial charge in [0.05, 0.1) is 23.5 Å². The van der Waals surface area contributed by atoms with Crippen molar-refractivity contribution in [3.8, 4) is 0 Å². The van der Waals surface area contributed by atoms with Crippen molar-refractivity contribution >= 4 is 28.9 Å². The van der Waals surface area contributed by atoms with Gasteiger partial charge in [0.2, 0.25) is 5.91 Å². The molecule has 1 amide bonds. The minimum atomic E-state index is -0.414. The lowest BCUT2D eigenvalue weighted by Gasteiger charge is -2.14. The van der Waals surface area contributed by atoms with Gasteiger partial charge >= 0.3 is 5.97 Å². The molecular formula is C20H25N3O3. The van der Waals surface area contributed by atoms with E-state index in [1.54, 1.807) is 25.1 Å². The molecule has 0 unspecified atom stereocenters. The lowest BCUT2D eigenvalue weighted by atomic mass is 10.1. The molecule has 0 spiro atoms. The third-order valence-corrected chi connectivity index (χ3v) is 3.85. The molecule has 0 aliphatic carbocycles. The Kier molecular flexibility index (Phi) is 7.02. The van der Waals surface area contributed by atoms with Gasteiger partial charge in [-0.25, -0.2) is 4.79 Å². The minimum Gasteiger partial charge on any atom is -0.462 e. The van der Waals surface area contributed by atoms with Gasteiger partial charge in [-0.1, -0.05) is 18.2 Å². The summed E-state index contributed by atoms with van der Waals surface area (Å²) in [6.07, 6.45) is 0.843. The van der Waals surface area contributed by atoms with Crippen molar-refractivity contribution in [2.45, 2.75) is 26.7 Å². The summed E-state index contributed by atoms with van der Waals surface area (Å²) in [5, 5.41) is 6.05. The first kappa shape index (κ1) is 19.3. The topological polar surface area (TPSA) is 93.5 Å². The first-order chi connectivity index (χ1) is 12.5. The monoisotopic (exact) mass is 355 g/mol. The van der Waals surface area contributed by atoms with Crippen molar-refractivity contribution in [2.75, 3.05) is 29.5 Å². The van der Waals surface area contributed by atoms with Crippen molar-refractivity contribution in [2.24, 2.45) is 0 Å². The van der Waals surface area contributed by atoms with E-state index < -0.39 is 5.97 Å². The molecule has 0 heterocycles. The van der Waals surface area contributed by atoms with Crippen LogP contribution in [0.5, 0.6) is 0 Å². The Bertz CT molecular complexity index is 775. The molecule has 0 saturated heterocycles. The van der Waals surface area contributed by atoms with E-state index >= 15 is 0 Å². The summed E-state index contributed by atoms with van der Waals surface area (Å²) in [6.45, 7) is 4.71. The Morgan fingerprint density at radius 2 is 1.85 bits per heavy atom. The van der Waals surface area contributed by atoms with E-state index in [0.29, 0.717) is 42.9 Å². The number of ether oxygens (including phenoxy) is 1. The Morgan fingerprint density at radius 1 is 1.08 bits per heavy atom. The van der Waals surface area contributed by atoms with E-state index in [4.69, 9.17) is 10.5 Å².